The van der Waals surface area contributed by atoms with Crippen LogP contribution in [0.2, 0.25) is 5.02 Å². The predicted molar refractivity (Wildman–Crippen MR) is 93.4 cm³/mol. The largest absolute Gasteiger partial charge is 0.323 e. The summed E-state index contributed by atoms with van der Waals surface area (Å²) in [4.78, 5) is 25.6. The summed E-state index contributed by atoms with van der Waals surface area (Å²) in [6.07, 6.45) is 0. The fourth-order valence-corrected chi connectivity index (χ4v) is 2.07. The number of rotatable bonds is 5. The number of Topliss-reactive ketones (excluding diaryl/α,β-unsaturated/α-hetero) is 1. The van der Waals surface area contributed by atoms with Gasteiger partial charge >= 0.3 is 6.03 Å². The number of hydrogen-bond donors (Lipinski definition) is 2. The van der Waals surface area contributed by atoms with Crippen molar-refractivity contribution in [1.29, 1.82) is 0 Å². The SMILES string of the molecule is CN(C)CC(=O)c1ccc(NC(=O)Nc2ccc(Cl)cc2)cc1. The van der Waals surface area contributed by atoms with Gasteiger partial charge in [-0.15, -0.1) is 0 Å². The molecule has 0 aliphatic heterocycles. The van der Waals surface area contributed by atoms with Gasteiger partial charge in [0.25, 0.3) is 0 Å². The predicted octanol–water partition coefficient (Wildman–Crippen LogP) is 3.73. The van der Waals surface area contributed by atoms with E-state index in [0.29, 0.717) is 28.5 Å². The highest BCUT2D eigenvalue weighted by molar-refractivity contribution is 6.30. The molecule has 0 saturated heterocycles. The molecule has 2 N–H and O–H groups in total. The third-order valence-corrected chi connectivity index (χ3v) is 3.28. The van der Waals surface area contributed by atoms with Crippen molar-refractivity contribution in [2.24, 2.45) is 0 Å². The van der Waals surface area contributed by atoms with Crippen molar-refractivity contribution in [2.75, 3.05) is 31.3 Å². The minimum Gasteiger partial charge on any atom is -0.308 e. The zero-order valence-electron chi connectivity index (χ0n) is 13.0. The summed E-state index contributed by atoms with van der Waals surface area (Å²) in [5, 5.41) is 6.01. The molecule has 2 rings (SSSR count). The van der Waals surface area contributed by atoms with Gasteiger partial charge in [-0.05, 0) is 62.6 Å². The minimum absolute atomic E-state index is 0.0344. The van der Waals surface area contributed by atoms with E-state index in [1.807, 2.05) is 19.0 Å². The van der Waals surface area contributed by atoms with Gasteiger partial charge in [0.15, 0.2) is 5.78 Å². The number of urea groups is 1. The molecule has 0 aromatic heterocycles. The summed E-state index contributed by atoms with van der Waals surface area (Å²) in [7, 11) is 3.68. The molecule has 0 bridgehead atoms. The van der Waals surface area contributed by atoms with Crippen molar-refractivity contribution in [2.45, 2.75) is 0 Å². The number of amides is 2. The minimum atomic E-state index is -0.361. The Hall–Kier alpha value is -2.37. The Labute approximate surface area is 140 Å². The van der Waals surface area contributed by atoms with E-state index in [-0.39, 0.29) is 11.8 Å². The van der Waals surface area contributed by atoms with Crippen molar-refractivity contribution in [3.05, 3.63) is 59.1 Å². The van der Waals surface area contributed by atoms with Crippen LogP contribution in [-0.4, -0.2) is 37.4 Å². The number of likely N-dealkylation sites (N-methyl/N-ethyl adjacent to an activating group) is 1. The molecule has 23 heavy (non-hydrogen) atoms. The molecular formula is C17H18ClN3O2. The van der Waals surface area contributed by atoms with Crippen LogP contribution < -0.4 is 10.6 Å². The lowest BCUT2D eigenvalue weighted by Crippen LogP contribution is -2.22. The van der Waals surface area contributed by atoms with Crippen molar-refractivity contribution in [3.8, 4) is 0 Å². The quantitative estimate of drug-likeness (QED) is 0.821. The maximum Gasteiger partial charge on any atom is 0.323 e. The molecule has 6 heteroatoms. The van der Waals surface area contributed by atoms with E-state index in [1.165, 1.54) is 0 Å². The van der Waals surface area contributed by atoms with E-state index in [1.54, 1.807) is 48.5 Å². The molecule has 0 heterocycles. The molecule has 0 radical (unpaired) electrons. The molecule has 0 saturated carbocycles. The zero-order valence-corrected chi connectivity index (χ0v) is 13.7. The van der Waals surface area contributed by atoms with Crippen molar-refractivity contribution in [3.63, 3.8) is 0 Å². The van der Waals surface area contributed by atoms with E-state index in [0.717, 1.165) is 0 Å². The highest BCUT2D eigenvalue weighted by atomic mass is 35.5. The van der Waals surface area contributed by atoms with Gasteiger partial charge < -0.3 is 15.5 Å². The summed E-state index contributed by atoms with van der Waals surface area (Å²) in [5.74, 6) is 0.0344. The van der Waals surface area contributed by atoms with Crippen LogP contribution in [0.25, 0.3) is 0 Å². The Morgan fingerprint density at radius 1 is 0.913 bits per heavy atom. The average Bonchev–Trinajstić information content (AvgIpc) is 2.49. The second kappa shape index (κ2) is 7.76. The fraction of sp³-hybridized carbons (Fsp3) is 0.176. The smallest absolute Gasteiger partial charge is 0.308 e. The summed E-state index contributed by atoms with van der Waals surface area (Å²) in [6.45, 7) is 0.351. The molecule has 2 aromatic rings. The van der Waals surface area contributed by atoms with Crippen molar-refractivity contribution < 1.29 is 9.59 Å². The van der Waals surface area contributed by atoms with Crippen LogP contribution in [0, 0.1) is 0 Å². The van der Waals surface area contributed by atoms with Crippen LogP contribution in [0.5, 0.6) is 0 Å². The van der Waals surface area contributed by atoms with Crippen LogP contribution >= 0.6 is 11.6 Å². The molecule has 0 unspecified atom stereocenters. The molecular weight excluding hydrogens is 314 g/mol. The Bertz CT molecular complexity index is 682. The lowest BCUT2D eigenvalue weighted by atomic mass is 10.1. The molecule has 2 amide bonds. The fourth-order valence-electron chi connectivity index (χ4n) is 1.94. The number of nitrogens with zero attached hydrogens (tertiary/aromatic N) is 1. The Kier molecular flexibility index (Phi) is 5.73. The van der Waals surface area contributed by atoms with Crippen LogP contribution in [0.1, 0.15) is 10.4 Å². The number of anilines is 2. The molecule has 0 atom stereocenters. The normalized spacial score (nSPS) is 10.4. The zero-order chi connectivity index (χ0) is 16.8. The second-order valence-electron chi connectivity index (χ2n) is 5.32. The maximum absolute atomic E-state index is 11.9. The van der Waals surface area contributed by atoms with Crippen molar-refractivity contribution >= 4 is 34.8 Å². The highest BCUT2D eigenvalue weighted by Gasteiger charge is 2.08. The lowest BCUT2D eigenvalue weighted by molar-refractivity contribution is 0.0958. The highest BCUT2D eigenvalue weighted by Crippen LogP contribution is 2.15. The molecule has 120 valence electrons. The Morgan fingerprint density at radius 2 is 1.39 bits per heavy atom. The number of benzene rings is 2. The molecule has 0 spiro atoms. The van der Waals surface area contributed by atoms with Crippen LogP contribution in [-0.2, 0) is 0 Å². The number of carbonyl (C=O) groups is 2. The van der Waals surface area contributed by atoms with E-state index in [9.17, 15) is 9.59 Å². The van der Waals surface area contributed by atoms with Gasteiger partial charge in [0.2, 0.25) is 0 Å². The van der Waals surface area contributed by atoms with Gasteiger partial charge in [0.1, 0.15) is 0 Å². The van der Waals surface area contributed by atoms with Crippen molar-refractivity contribution in [1.82, 2.24) is 4.90 Å². The average molecular weight is 332 g/mol. The number of carbonyl (C=O) groups excluding carboxylic acids is 2. The van der Waals surface area contributed by atoms with E-state index in [4.69, 9.17) is 11.6 Å². The molecule has 0 aliphatic carbocycles. The topological polar surface area (TPSA) is 61.4 Å². The Morgan fingerprint density at radius 3 is 1.87 bits per heavy atom. The lowest BCUT2D eigenvalue weighted by Gasteiger charge is -2.10. The molecule has 0 aliphatic rings. The number of nitrogens with one attached hydrogen (secondary N) is 2. The number of ketones is 1. The molecule has 2 aromatic carbocycles. The first-order valence-electron chi connectivity index (χ1n) is 7.05. The van der Waals surface area contributed by atoms with Crippen LogP contribution in [0.15, 0.2) is 48.5 Å². The van der Waals surface area contributed by atoms with Crippen LogP contribution in [0.3, 0.4) is 0 Å². The molecule has 0 fully saturated rings. The first-order chi connectivity index (χ1) is 10.9. The summed E-state index contributed by atoms with van der Waals surface area (Å²) in [5.41, 5.74) is 1.87. The maximum atomic E-state index is 11.9. The first kappa shape index (κ1) is 17.0. The van der Waals surface area contributed by atoms with E-state index in [2.05, 4.69) is 10.6 Å². The van der Waals surface area contributed by atoms with Gasteiger partial charge in [0.05, 0.1) is 6.54 Å². The molecule has 5 nitrogen and oxygen atoms in total. The third kappa shape index (κ3) is 5.39. The second-order valence-corrected chi connectivity index (χ2v) is 5.76. The number of halogens is 1. The van der Waals surface area contributed by atoms with Crippen LogP contribution in [0.4, 0.5) is 16.2 Å². The summed E-state index contributed by atoms with van der Waals surface area (Å²) >= 11 is 5.79. The van der Waals surface area contributed by atoms with E-state index < -0.39 is 0 Å². The summed E-state index contributed by atoms with van der Waals surface area (Å²) in [6, 6.07) is 13.3. The van der Waals surface area contributed by atoms with Gasteiger partial charge in [-0.2, -0.15) is 0 Å². The van der Waals surface area contributed by atoms with Gasteiger partial charge in [0, 0.05) is 22.0 Å². The number of hydrogen-bond acceptors (Lipinski definition) is 3. The first-order valence-corrected chi connectivity index (χ1v) is 7.43. The van der Waals surface area contributed by atoms with Gasteiger partial charge in [-0.3, -0.25) is 4.79 Å². The van der Waals surface area contributed by atoms with Gasteiger partial charge in [-0.1, -0.05) is 11.6 Å². The third-order valence-electron chi connectivity index (χ3n) is 3.03. The summed E-state index contributed by atoms with van der Waals surface area (Å²) < 4.78 is 0. The van der Waals surface area contributed by atoms with E-state index >= 15 is 0 Å². The Balaban J connectivity index is 1.93. The van der Waals surface area contributed by atoms with Gasteiger partial charge in [-0.25, -0.2) is 4.79 Å². The monoisotopic (exact) mass is 331 g/mol. The standard InChI is InChI=1S/C17H18ClN3O2/c1-21(2)11-16(22)12-3-7-14(8-4-12)19-17(23)20-15-9-5-13(18)6-10-15/h3-10H,11H2,1-2H3,(H2,19,20,23).